The number of amides is 1. The summed E-state index contributed by atoms with van der Waals surface area (Å²) in [7, 11) is 0. The second-order valence-corrected chi connectivity index (χ2v) is 4.07. The van der Waals surface area contributed by atoms with Crippen molar-refractivity contribution >= 4 is 11.6 Å². The Labute approximate surface area is 101 Å². The van der Waals surface area contributed by atoms with Gasteiger partial charge in [0, 0.05) is 22.9 Å². The Morgan fingerprint density at radius 3 is 2.82 bits per heavy atom. The maximum absolute atomic E-state index is 13.4. The molecule has 1 aromatic carbocycles. The van der Waals surface area contributed by atoms with Gasteiger partial charge in [-0.25, -0.2) is 4.39 Å². The summed E-state index contributed by atoms with van der Waals surface area (Å²) in [6, 6.07) is 2.64. The molecule has 0 aliphatic heterocycles. The molecule has 1 rings (SSSR count). The monoisotopic (exact) mass is 236 g/mol. The van der Waals surface area contributed by atoms with Gasteiger partial charge in [0.2, 0.25) is 0 Å². The van der Waals surface area contributed by atoms with Gasteiger partial charge >= 0.3 is 0 Å². The number of hydrogen-bond donors (Lipinski definition) is 2. The predicted molar refractivity (Wildman–Crippen MR) is 67.3 cm³/mol. The quantitative estimate of drug-likeness (QED) is 0.623. The predicted octanol–water partition coefficient (Wildman–Crippen LogP) is 2.41. The standard InChI is InChI=1S/C13H17FN2O/c1-4-5-8(2)16-13(17)10-6-11(14)9(3)12(15)7-10/h4,6-8H,1,5,15H2,2-3H3,(H,16,17). The largest absolute Gasteiger partial charge is 0.398 e. The molecule has 3 N–H and O–H groups in total. The van der Waals surface area contributed by atoms with Gasteiger partial charge in [0.1, 0.15) is 5.82 Å². The fraction of sp³-hybridized carbons (Fsp3) is 0.308. The lowest BCUT2D eigenvalue weighted by Gasteiger charge is -2.12. The van der Waals surface area contributed by atoms with Crippen LogP contribution in [0.15, 0.2) is 24.8 Å². The molecule has 0 spiro atoms. The lowest BCUT2D eigenvalue weighted by molar-refractivity contribution is 0.0940. The van der Waals surface area contributed by atoms with Gasteiger partial charge in [-0.1, -0.05) is 6.08 Å². The van der Waals surface area contributed by atoms with Crippen LogP contribution >= 0.6 is 0 Å². The molecule has 1 unspecified atom stereocenters. The molecule has 0 heterocycles. The Hall–Kier alpha value is -1.84. The van der Waals surface area contributed by atoms with Crippen molar-refractivity contribution in [1.82, 2.24) is 5.32 Å². The molecule has 0 aromatic heterocycles. The zero-order valence-electron chi connectivity index (χ0n) is 10.1. The maximum Gasteiger partial charge on any atom is 0.251 e. The Balaban J connectivity index is 2.86. The number of anilines is 1. The summed E-state index contributed by atoms with van der Waals surface area (Å²) in [5.41, 5.74) is 6.50. The molecule has 92 valence electrons. The van der Waals surface area contributed by atoms with Crippen LogP contribution < -0.4 is 11.1 Å². The zero-order chi connectivity index (χ0) is 13.0. The van der Waals surface area contributed by atoms with Crippen molar-refractivity contribution in [3.05, 3.63) is 41.7 Å². The second-order valence-electron chi connectivity index (χ2n) is 4.07. The van der Waals surface area contributed by atoms with E-state index < -0.39 is 5.82 Å². The summed E-state index contributed by atoms with van der Waals surface area (Å²) in [5.74, 6) is -0.795. The first kappa shape index (κ1) is 13.2. The highest BCUT2D eigenvalue weighted by Crippen LogP contribution is 2.17. The van der Waals surface area contributed by atoms with Gasteiger partial charge in [0.25, 0.3) is 5.91 Å². The molecule has 0 saturated heterocycles. The summed E-state index contributed by atoms with van der Waals surface area (Å²) in [5, 5.41) is 2.74. The third-order valence-electron chi connectivity index (χ3n) is 2.54. The molecule has 0 radical (unpaired) electrons. The SMILES string of the molecule is C=CCC(C)NC(=O)c1cc(N)c(C)c(F)c1. The lowest BCUT2D eigenvalue weighted by Crippen LogP contribution is -2.32. The van der Waals surface area contributed by atoms with E-state index in [2.05, 4.69) is 11.9 Å². The van der Waals surface area contributed by atoms with Gasteiger partial charge in [0.15, 0.2) is 0 Å². The van der Waals surface area contributed by atoms with E-state index in [9.17, 15) is 9.18 Å². The third kappa shape index (κ3) is 3.31. The van der Waals surface area contributed by atoms with Crippen LogP contribution in [0.5, 0.6) is 0 Å². The third-order valence-corrected chi connectivity index (χ3v) is 2.54. The fourth-order valence-electron chi connectivity index (χ4n) is 1.45. The Morgan fingerprint density at radius 2 is 2.29 bits per heavy atom. The number of benzene rings is 1. The minimum Gasteiger partial charge on any atom is -0.398 e. The minimum atomic E-state index is -0.466. The minimum absolute atomic E-state index is 0.0365. The van der Waals surface area contributed by atoms with Crippen molar-refractivity contribution in [2.75, 3.05) is 5.73 Å². The van der Waals surface area contributed by atoms with E-state index in [1.165, 1.54) is 12.1 Å². The smallest absolute Gasteiger partial charge is 0.251 e. The second kappa shape index (κ2) is 5.48. The number of rotatable bonds is 4. The number of carbonyl (C=O) groups is 1. The van der Waals surface area contributed by atoms with E-state index in [0.717, 1.165) is 0 Å². The normalized spacial score (nSPS) is 11.9. The van der Waals surface area contributed by atoms with Gasteiger partial charge < -0.3 is 11.1 Å². The van der Waals surface area contributed by atoms with Crippen molar-refractivity contribution in [3.63, 3.8) is 0 Å². The Morgan fingerprint density at radius 1 is 1.65 bits per heavy atom. The van der Waals surface area contributed by atoms with Crippen LogP contribution in [0.1, 0.15) is 29.3 Å². The van der Waals surface area contributed by atoms with Crippen molar-refractivity contribution in [2.24, 2.45) is 0 Å². The highest BCUT2D eigenvalue weighted by Gasteiger charge is 2.12. The first-order valence-corrected chi connectivity index (χ1v) is 5.43. The zero-order valence-corrected chi connectivity index (χ0v) is 10.1. The number of halogens is 1. The molecule has 1 aromatic rings. The number of nitrogen functional groups attached to an aromatic ring is 1. The Kier molecular flexibility index (Phi) is 4.26. The molecule has 1 amide bonds. The van der Waals surface area contributed by atoms with E-state index >= 15 is 0 Å². The maximum atomic E-state index is 13.4. The van der Waals surface area contributed by atoms with Crippen LogP contribution in [0.4, 0.5) is 10.1 Å². The molecule has 0 fully saturated rings. The highest BCUT2D eigenvalue weighted by molar-refractivity contribution is 5.95. The van der Waals surface area contributed by atoms with Crippen LogP contribution in [0, 0.1) is 12.7 Å². The van der Waals surface area contributed by atoms with Gasteiger partial charge in [0.05, 0.1) is 0 Å². The summed E-state index contributed by atoms with van der Waals surface area (Å²) >= 11 is 0. The van der Waals surface area contributed by atoms with Gasteiger partial charge in [-0.15, -0.1) is 6.58 Å². The summed E-state index contributed by atoms with van der Waals surface area (Å²) in [4.78, 5) is 11.8. The van der Waals surface area contributed by atoms with Crippen LogP contribution in [-0.4, -0.2) is 11.9 Å². The molecule has 0 bridgehead atoms. The van der Waals surface area contributed by atoms with Crippen molar-refractivity contribution in [1.29, 1.82) is 0 Å². The number of nitrogens with two attached hydrogens (primary N) is 1. The molecule has 3 nitrogen and oxygen atoms in total. The summed E-state index contributed by atoms with van der Waals surface area (Å²) in [6.45, 7) is 7.02. The molecular formula is C13H17FN2O. The summed E-state index contributed by atoms with van der Waals surface area (Å²) in [6.07, 6.45) is 2.38. The van der Waals surface area contributed by atoms with Gasteiger partial charge in [-0.05, 0) is 32.4 Å². The molecule has 0 aliphatic rings. The molecule has 17 heavy (non-hydrogen) atoms. The van der Waals surface area contributed by atoms with Crippen molar-refractivity contribution in [2.45, 2.75) is 26.3 Å². The fourth-order valence-corrected chi connectivity index (χ4v) is 1.45. The summed E-state index contributed by atoms with van der Waals surface area (Å²) < 4.78 is 13.4. The average Bonchev–Trinajstić information content (AvgIpc) is 2.25. The first-order valence-electron chi connectivity index (χ1n) is 5.43. The van der Waals surface area contributed by atoms with E-state index in [0.29, 0.717) is 12.0 Å². The van der Waals surface area contributed by atoms with E-state index in [-0.39, 0.29) is 23.2 Å². The average molecular weight is 236 g/mol. The van der Waals surface area contributed by atoms with Crippen LogP contribution in [-0.2, 0) is 0 Å². The number of nitrogens with one attached hydrogen (secondary N) is 1. The van der Waals surface area contributed by atoms with Crippen molar-refractivity contribution in [3.8, 4) is 0 Å². The van der Waals surface area contributed by atoms with Crippen LogP contribution in [0.2, 0.25) is 0 Å². The van der Waals surface area contributed by atoms with Crippen LogP contribution in [0.25, 0.3) is 0 Å². The van der Waals surface area contributed by atoms with E-state index in [1.54, 1.807) is 13.0 Å². The first-order chi connectivity index (χ1) is 7.95. The molecule has 0 saturated carbocycles. The highest BCUT2D eigenvalue weighted by atomic mass is 19.1. The topological polar surface area (TPSA) is 55.1 Å². The van der Waals surface area contributed by atoms with E-state index in [4.69, 9.17) is 5.73 Å². The van der Waals surface area contributed by atoms with Crippen molar-refractivity contribution < 1.29 is 9.18 Å². The molecule has 1 atom stereocenters. The lowest BCUT2D eigenvalue weighted by atomic mass is 10.1. The Bertz CT molecular complexity index is 420. The molecular weight excluding hydrogens is 219 g/mol. The molecule has 0 aliphatic carbocycles. The number of carbonyl (C=O) groups excluding carboxylic acids is 1. The van der Waals surface area contributed by atoms with E-state index in [1.807, 2.05) is 6.92 Å². The van der Waals surface area contributed by atoms with Gasteiger partial charge in [-0.3, -0.25) is 4.79 Å². The van der Waals surface area contributed by atoms with Crippen LogP contribution in [0.3, 0.4) is 0 Å². The number of hydrogen-bond acceptors (Lipinski definition) is 2. The molecule has 4 heteroatoms. The van der Waals surface area contributed by atoms with Gasteiger partial charge in [-0.2, -0.15) is 0 Å².